The summed E-state index contributed by atoms with van der Waals surface area (Å²) in [6.45, 7) is 1.90. The second-order valence-corrected chi connectivity index (χ2v) is 3.30. The third-order valence-corrected chi connectivity index (χ3v) is 2.35. The van der Waals surface area contributed by atoms with Gasteiger partial charge in [-0.25, -0.2) is 0 Å². The lowest BCUT2D eigenvalue weighted by Crippen LogP contribution is -2.10. The van der Waals surface area contributed by atoms with Gasteiger partial charge in [0.2, 0.25) is 0 Å². The summed E-state index contributed by atoms with van der Waals surface area (Å²) in [6.07, 6.45) is 3.59. The summed E-state index contributed by atoms with van der Waals surface area (Å²) in [5, 5.41) is 0. The van der Waals surface area contributed by atoms with E-state index < -0.39 is 0 Å². The maximum absolute atomic E-state index is 11.9. The zero-order valence-corrected chi connectivity index (χ0v) is 7.95. The summed E-state index contributed by atoms with van der Waals surface area (Å²) < 4.78 is 0. The van der Waals surface area contributed by atoms with Gasteiger partial charge in [0.25, 0.3) is 0 Å². The Morgan fingerprint density at radius 3 is 2.50 bits per heavy atom. The lowest BCUT2D eigenvalue weighted by molar-refractivity contribution is 0.0960. The summed E-state index contributed by atoms with van der Waals surface area (Å²) in [7, 11) is 0. The number of ketones is 1. The van der Waals surface area contributed by atoms with Crippen molar-refractivity contribution in [1.29, 1.82) is 0 Å². The van der Waals surface area contributed by atoms with Gasteiger partial charge in [0.05, 0.1) is 11.6 Å². The maximum Gasteiger partial charge on any atom is 0.187 e. The Labute approximate surface area is 82.2 Å². The quantitative estimate of drug-likeness (QED) is 0.713. The molecule has 2 N–H and O–H groups in total. The average Bonchev–Trinajstić information content (AvgIpc) is 2.87. The molecule has 3 nitrogen and oxygen atoms in total. The van der Waals surface area contributed by atoms with Gasteiger partial charge >= 0.3 is 0 Å². The number of aromatic amines is 2. The molecule has 0 saturated carbocycles. The number of aromatic nitrogens is 2. The molecule has 3 heteroatoms. The van der Waals surface area contributed by atoms with E-state index >= 15 is 0 Å². The number of nitrogens with one attached hydrogen (secondary N) is 2. The van der Waals surface area contributed by atoms with Crippen LogP contribution in [0.4, 0.5) is 0 Å². The number of rotatable bonds is 3. The van der Waals surface area contributed by atoms with Crippen LogP contribution in [0.3, 0.4) is 0 Å². The molecule has 1 unspecified atom stereocenters. The lowest BCUT2D eigenvalue weighted by atomic mass is 10.0. The molecular formula is C11H12N2O. The molecule has 2 aromatic rings. The first-order chi connectivity index (χ1) is 6.79. The topological polar surface area (TPSA) is 48.6 Å². The number of Topliss-reactive ketones (excluding diaryl/α,β-unsaturated/α-hetero) is 1. The van der Waals surface area contributed by atoms with E-state index in [1.54, 1.807) is 12.3 Å². The van der Waals surface area contributed by atoms with Crippen LogP contribution in [-0.4, -0.2) is 15.8 Å². The Morgan fingerprint density at radius 1 is 1.21 bits per heavy atom. The number of carbonyl (C=O) groups excluding carboxylic acids is 1. The molecule has 0 aliphatic rings. The standard InChI is InChI=1S/C11H12N2O/c1-8(9-4-2-6-12-9)11(14)10-5-3-7-13-10/h2-8,12-13H,1H3. The third-order valence-electron chi connectivity index (χ3n) is 2.35. The van der Waals surface area contributed by atoms with E-state index in [0.29, 0.717) is 5.69 Å². The van der Waals surface area contributed by atoms with Crippen LogP contribution in [0, 0.1) is 0 Å². The highest BCUT2D eigenvalue weighted by Gasteiger charge is 2.17. The van der Waals surface area contributed by atoms with Crippen molar-refractivity contribution in [1.82, 2.24) is 9.97 Å². The molecule has 0 amide bonds. The van der Waals surface area contributed by atoms with E-state index in [4.69, 9.17) is 0 Å². The minimum Gasteiger partial charge on any atom is -0.364 e. The second kappa shape index (κ2) is 3.54. The highest BCUT2D eigenvalue weighted by Crippen LogP contribution is 2.17. The summed E-state index contributed by atoms with van der Waals surface area (Å²) in [6, 6.07) is 7.44. The highest BCUT2D eigenvalue weighted by atomic mass is 16.1. The third kappa shape index (κ3) is 1.48. The van der Waals surface area contributed by atoms with Crippen LogP contribution in [0.25, 0.3) is 0 Å². The zero-order chi connectivity index (χ0) is 9.97. The van der Waals surface area contributed by atoms with Crippen LogP contribution in [0.1, 0.15) is 29.0 Å². The van der Waals surface area contributed by atoms with Gasteiger partial charge in [-0.2, -0.15) is 0 Å². The number of hydrogen-bond donors (Lipinski definition) is 2. The molecule has 2 heterocycles. The van der Waals surface area contributed by atoms with Gasteiger partial charge < -0.3 is 9.97 Å². The Hall–Kier alpha value is -1.77. The molecule has 0 bridgehead atoms. The Balaban J connectivity index is 2.21. The van der Waals surface area contributed by atoms with Gasteiger partial charge in [-0.3, -0.25) is 4.79 Å². The summed E-state index contributed by atoms with van der Waals surface area (Å²) in [4.78, 5) is 17.8. The molecule has 0 radical (unpaired) electrons. The maximum atomic E-state index is 11.9. The molecular weight excluding hydrogens is 176 g/mol. The van der Waals surface area contributed by atoms with Crippen LogP contribution < -0.4 is 0 Å². The Kier molecular flexibility index (Phi) is 2.23. The van der Waals surface area contributed by atoms with E-state index in [-0.39, 0.29) is 11.7 Å². The Bertz CT molecular complexity index is 400. The first-order valence-corrected chi connectivity index (χ1v) is 4.60. The number of H-pyrrole nitrogens is 2. The fourth-order valence-corrected chi connectivity index (χ4v) is 1.47. The monoisotopic (exact) mass is 188 g/mol. The average molecular weight is 188 g/mol. The van der Waals surface area contributed by atoms with Gasteiger partial charge in [0.1, 0.15) is 0 Å². The molecule has 14 heavy (non-hydrogen) atoms. The lowest BCUT2D eigenvalue weighted by Gasteiger charge is -2.06. The highest BCUT2D eigenvalue weighted by molar-refractivity contribution is 5.98. The largest absolute Gasteiger partial charge is 0.364 e. The van der Waals surface area contributed by atoms with Crippen molar-refractivity contribution in [3.63, 3.8) is 0 Å². The number of carbonyl (C=O) groups is 1. The summed E-state index contributed by atoms with van der Waals surface area (Å²) in [5.74, 6) is -0.0129. The normalized spacial score (nSPS) is 12.6. The van der Waals surface area contributed by atoms with Crippen molar-refractivity contribution in [3.8, 4) is 0 Å². The molecule has 2 aromatic heterocycles. The van der Waals surface area contributed by atoms with Gasteiger partial charge in [-0.15, -0.1) is 0 Å². The SMILES string of the molecule is CC(C(=O)c1ccc[nH]1)c1ccc[nH]1. The molecule has 72 valence electrons. The molecule has 0 saturated heterocycles. The summed E-state index contributed by atoms with van der Waals surface area (Å²) in [5.41, 5.74) is 1.61. The van der Waals surface area contributed by atoms with Crippen LogP contribution in [0.2, 0.25) is 0 Å². The fraction of sp³-hybridized carbons (Fsp3) is 0.182. The van der Waals surface area contributed by atoms with Crippen molar-refractivity contribution in [2.24, 2.45) is 0 Å². The van der Waals surface area contributed by atoms with Crippen molar-refractivity contribution >= 4 is 5.78 Å². The second-order valence-electron chi connectivity index (χ2n) is 3.30. The van der Waals surface area contributed by atoms with Crippen molar-refractivity contribution in [3.05, 3.63) is 48.0 Å². The van der Waals surface area contributed by atoms with Gasteiger partial charge in [-0.1, -0.05) is 0 Å². The smallest absolute Gasteiger partial charge is 0.187 e. The van der Waals surface area contributed by atoms with Crippen LogP contribution in [-0.2, 0) is 0 Å². The van der Waals surface area contributed by atoms with Crippen molar-refractivity contribution in [2.75, 3.05) is 0 Å². The minimum absolute atomic E-state index is 0.109. The van der Waals surface area contributed by atoms with E-state index in [1.165, 1.54) is 0 Å². The van der Waals surface area contributed by atoms with E-state index in [1.807, 2.05) is 31.3 Å². The van der Waals surface area contributed by atoms with E-state index in [2.05, 4.69) is 9.97 Å². The molecule has 0 aliphatic heterocycles. The molecule has 0 spiro atoms. The predicted molar refractivity (Wildman–Crippen MR) is 54.3 cm³/mol. The van der Waals surface area contributed by atoms with Gasteiger partial charge in [0.15, 0.2) is 5.78 Å². The predicted octanol–water partition coefficient (Wildman–Crippen LogP) is 2.33. The van der Waals surface area contributed by atoms with E-state index in [9.17, 15) is 4.79 Å². The van der Waals surface area contributed by atoms with Gasteiger partial charge in [0, 0.05) is 18.1 Å². The fourth-order valence-electron chi connectivity index (χ4n) is 1.47. The van der Waals surface area contributed by atoms with Crippen LogP contribution >= 0.6 is 0 Å². The van der Waals surface area contributed by atoms with Crippen LogP contribution in [0.5, 0.6) is 0 Å². The first kappa shape index (κ1) is 8.81. The summed E-state index contributed by atoms with van der Waals surface area (Å²) >= 11 is 0. The van der Waals surface area contributed by atoms with E-state index in [0.717, 1.165) is 5.69 Å². The first-order valence-electron chi connectivity index (χ1n) is 4.60. The molecule has 0 aliphatic carbocycles. The molecule has 1 atom stereocenters. The molecule has 0 fully saturated rings. The zero-order valence-electron chi connectivity index (χ0n) is 7.95. The van der Waals surface area contributed by atoms with Crippen LogP contribution in [0.15, 0.2) is 36.7 Å². The Morgan fingerprint density at radius 2 is 1.93 bits per heavy atom. The van der Waals surface area contributed by atoms with Crippen molar-refractivity contribution in [2.45, 2.75) is 12.8 Å². The molecule has 2 rings (SSSR count). The molecule has 0 aromatic carbocycles. The minimum atomic E-state index is -0.122. The van der Waals surface area contributed by atoms with Gasteiger partial charge in [-0.05, 0) is 31.2 Å². The van der Waals surface area contributed by atoms with Crippen molar-refractivity contribution < 1.29 is 4.79 Å². The number of hydrogen-bond acceptors (Lipinski definition) is 1.